The highest BCUT2D eigenvalue weighted by atomic mass is 16.5. The standard InChI is InChI=1S/C14H19NO2/c1-10-3-5-11(6-4-10)12-7-14(8-12,9-15)13(16)17-2/h3-6,12H,7-9,15H2,1-2H3. The van der Waals surface area contributed by atoms with Crippen LogP contribution in [0.25, 0.3) is 0 Å². The van der Waals surface area contributed by atoms with Gasteiger partial charge in [0.1, 0.15) is 0 Å². The van der Waals surface area contributed by atoms with E-state index in [9.17, 15) is 4.79 Å². The molecule has 0 atom stereocenters. The van der Waals surface area contributed by atoms with Crippen molar-refractivity contribution in [2.45, 2.75) is 25.7 Å². The van der Waals surface area contributed by atoms with Crippen molar-refractivity contribution < 1.29 is 9.53 Å². The fourth-order valence-electron chi connectivity index (χ4n) is 2.59. The average Bonchev–Trinajstić information content (AvgIpc) is 2.30. The predicted molar refractivity (Wildman–Crippen MR) is 66.7 cm³/mol. The van der Waals surface area contributed by atoms with Crippen LogP contribution in [0.5, 0.6) is 0 Å². The molecule has 0 radical (unpaired) electrons. The van der Waals surface area contributed by atoms with E-state index < -0.39 is 5.41 Å². The number of hydrogen-bond acceptors (Lipinski definition) is 3. The molecule has 3 nitrogen and oxygen atoms in total. The molecule has 0 heterocycles. The molecule has 2 rings (SSSR count). The van der Waals surface area contributed by atoms with Gasteiger partial charge in [0.2, 0.25) is 0 Å². The minimum absolute atomic E-state index is 0.164. The summed E-state index contributed by atoms with van der Waals surface area (Å²) in [6.07, 6.45) is 1.61. The highest BCUT2D eigenvalue weighted by molar-refractivity contribution is 5.78. The largest absolute Gasteiger partial charge is 0.469 e. The van der Waals surface area contributed by atoms with E-state index in [-0.39, 0.29) is 5.97 Å². The first-order chi connectivity index (χ1) is 8.11. The Balaban J connectivity index is 2.06. The number of aryl methyl sites for hydroxylation is 1. The molecule has 0 saturated heterocycles. The number of hydrogen-bond donors (Lipinski definition) is 1. The van der Waals surface area contributed by atoms with Crippen LogP contribution in [0, 0.1) is 12.3 Å². The van der Waals surface area contributed by atoms with Crippen molar-refractivity contribution in [3.05, 3.63) is 35.4 Å². The van der Waals surface area contributed by atoms with E-state index in [2.05, 4.69) is 31.2 Å². The molecular formula is C14H19NO2. The monoisotopic (exact) mass is 233 g/mol. The van der Waals surface area contributed by atoms with Crippen molar-refractivity contribution >= 4 is 5.97 Å². The number of carbonyl (C=O) groups is 1. The molecule has 17 heavy (non-hydrogen) atoms. The second-order valence-electron chi connectivity index (χ2n) is 4.99. The second-order valence-corrected chi connectivity index (χ2v) is 4.99. The minimum Gasteiger partial charge on any atom is -0.469 e. The van der Waals surface area contributed by atoms with Crippen LogP contribution in [-0.4, -0.2) is 19.6 Å². The molecule has 1 aromatic rings. The van der Waals surface area contributed by atoms with E-state index in [1.165, 1.54) is 18.2 Å². The Bertz CT molecular complexity index is 405. The first-order valence-corrected chi connectivity index (χ1v) is 5.96. The Morgan fingerprint density at radius 3 is 2.47 bits per heavy atom. The zero-order valence-electron chi connectivity index (χ0n) is 10.4. The lowest BCUT2D eigenvalue weighted by atomic mass is 9.60. The zero-order chi connectivity index (χ0) is 12.5. The van der Waals surface area contributed by atoms with Crippen LogP contribution >= 0.6 is 0 Å². The lowest BCUT2D eigenvalue weighted by Gasteiger charge is -2.44. The van der Waals surface area contributed by atoms with Crippen LogP contribution in [0.2, 0.25) is 0 Å². The first kappa shape index (κ1) is 12.1. The van der Waals surface area contributed by atoms with Crippen molar-refractivity contribution in [2.24, 2.45) is 11.1 Å². The van der Waals surface area contributed by atoms with Crippen LogP contribution < -0.4 is 5.73 Å². The van der Waals surface area contributed by atoms with E-state index in [1.54, 1.807) is 0 Å². The molecule has 0 bridgehead atoms. The third-order valence-electron chi connectivity index (χ3n) is 3.83. The van der Waals surface area contributed by atoms with E-state index in [1.807, 2.05) is 0 Å². The molecule has 1 fully saturated rings. The molecule has 1 aromatic carbocycles. The topological polar surface area (TPSA) is 52.3 Å². The first-order valence-electron chi connectivity index (χ1n) is 5.96. The van der Waals surface area contributed by atoms with Crippen molar-refractivity contribution in [1.82, 2.24) is 0 Å². The van der Waals surface area contributed by atoms with Gasteiger partial charge in [0.15, 0.2) is 0 Å². The summed E-state index contributed by atoms with van der Waals surface area (Å²) in [6.45, 7) is 2.45. The number of rotatable bonds is 3. The Labute approximate surface area is 102 Å². The molecule has 1 aliphatic rings. The number of methoxy groups -OCH3 is 1. The van der Waals surface area contributed by atoms with Gasteiger partial charge in [-0.15, -0.1) is 0 Å². The summed E-state index contributed by atoms with van der Waals surface area (Å²) in [5.74, 6) is 0.279. The molecule has 0 unspecified atom stereocenters. The summed E-state index contributed by atoms with van der Waals surface area (Å²) in [5, 5.41) is 0. The Morgan fingerprint density at radius 1 is 1.41 bits per heavy atom. The molecule has 0 spiro atoms. The third kappa shape index (κ3) is 2.07. The maximum atomic E-state index is 11.7. The summed E-state index contributed by atoms with van der Waals surface area (Å²) >= 11 is 0. The Kier molecular flexibility index (Phi) is 3.20. The number of esters is 1. The number of benzene rings is 1. The average molecular weight is 233 g/mol. The van der Waals surface area contributed by atoms with Gasteiger partial charge in [0.05, 0.1) is 12.5 Å². The van der Waals surface area contributed by atoms with Crippen molar-refractivity contribution in [2.75, 3.05) is 13.7 Å². The van der Waals surface area contributed by atoms with Gasteiger partial charge in [0, 0.05) is 6.54 Å². The molecule has 0 aromatic heterocycles. The molecule has 1 saturated carbocycles. The quantitative estimate of drug-likeness (QED) is 0.812. The van der Waals surface area contributed by atoms with Gasteiger partial charge in [-0.2, -0.15) is 0 Å². The molecule has 0 aliphatic heterocycles. The highest BCUT2D eigenvalue weighted by Crippen LogP contribution is 2.51. The van der Waals surface area contributed by atoms with Gasteiger partial charge >= 0.3 is 5.97 Å². The van der Waals surface area contributed by atoms with E-state index in [0.717, 1.165) is 12.8 Å². The fourth-order valence-corrected chi connectivity index (χ4v) is 2.59. The zero-order valence-corrected chi connectivity index (χ0v) is 10.4. The lowest BCUT2D eigenvalue weighted by Crippen LogP contribution is -2.48. The number of ether oxygens (including phenoxy) is 1. The summed E-state index contributed by atoms with van der Waals surface area (Å²) in [7, 11) is 1.43. The SMILES string of the molecule is COC(=O)C1(CN)CC(c2ccc(C)cc2)C1. The van der Waals surface area contributed by atoms with Gasteiger partial charge in [-0.1, -0.05) is 29.8 Å². The van der Waals surface area contributed by atoms with Crippen molar-refractivity contribution in [3.8, 4) is 0 Å². The molecule has 2 N–H and O–H groups in total. The van der Waals surface area contributed by atoms with E-state index >= 15 is 0 Å². The van der Waals surface area contributed by atoms with Crippen LogP contribution in [0.1, 0.15) is 29.9 Å². The predicted octanol–water partition coefficient (Wildman–Crippen LogP) is 1.99. The number of nitrogens with two attached hydrogens (primary N) is 1. The summed E-state index contributed by atoms with van der Waals surface area (Å²) in [6, 6.07) is 8.49. The highest BCUT2D eigenvalue weighted by Gasteiger charge is 2.50. The van der Waals surface area contributed by atoms with Crippen LogP contribution in [0.3, 0.4) is 0 Å². The van der Waals surface area contributed by atoms with Gasteiger partial charge in [-0.3, -0.25) is 4.79 Å². The van der Waals surface area contributed by atoms with Crippen LogP contribution in [0.15, 0.2) is 24.3 Å². The third-order valence-corrected chi connectivity index (χ3v) is 3.83. The van der Waals surface area contributed by atoms with E-state index in [4.69, 9.17) is 10.5 Å². The molecule has 0 amide bonds. The summed E-state index contributed by atoms with van der Waals surface area (Å²) in [4.78, 5) is 11.7. The summed E-state index contributed by atoms with van der Waals surface area (Å²) < 4.78 is 4.83. The van der Waals surface area contributed by atoms with Gasteiger partial charge < -0.3 is 10.5 Å². The van der Waals surface area contributed by atoms with E-state index in [0.29, 0.717) is 12.5 Å². The number of carbonyl (C=O) groups excluding carboxylic acids is 1. The van der Waals surface area contributed by atoms with Crippen molar-refractivity contribution in [1.29, 1.82) is 0 Å². The van der Waals surface area contributed by atoms with Crippen LogP contribution in [-0.2, 0) is 9.53 Å². The molecular weight excluding hydrogens is 214 g/mol. The minimum atomic E-state index is -0.440. The van der Waals surface area contributed by atoms with Gasteiger partial charge in [-0.05, 0) is 31.2 Å². The smallest absolute Gasteiger partial charge is 0.313 e. The maximum absolute atomic E-state index is 11.7. The normalized spacial score (nSPS) is 27.4. The molecule has 92 valence electrons. The summed E-state index contributed by atoms with van der Waals surface area (Å²) in [5.41, 5.74) is 7.82. The maximum Gasteiger partial charge on any atom is 0.313 e. The fraction of sp³-hybridized carbons (Fsp3) is 0.500. The molecule has 3 heteroatoms. The van der Waals surface area contributed by atoms with Gasteiger partial charge in [-0.25, -0.2) is 0 Å². The Morgan fingerprint density at radius 2 is 2.00 bits per heavy atom. The Hall–Kier alpha value is -1.35. The van der Waals surface area contributed by atoms with Crippen LogP contribution in [0.4, 0.5) is 0 Å². The lowest BCUT2D eigenvalue weighted by molar-refractivity contribution is -0.158. The second kappa shape index (κ2) is 4.49. The molecule has 1 aliphatic carbocycles. The van der Waals surface area contributed by atoms with Gasteiger partial charge in [0.25, 0.3) is 0 Å². The van der Waals surface area contributed by atoms with Crippen molar-refractivity contribution in [3.63, 3.8) is 0 Å².